The van der Waals surface area contributed by atoms with Gasteiger partial charge in [0.05, 0.1) is 24.0 Å². The van der Waals surface area contributed by atoms with Crippen molar-refractivity contribution in [2.75, 3.05) is 39.8 Å². The summed E-state index contributed by atoms with van der Waals surface area (Å²) in [5.41, 5.74) is 0.334. The van der Waals surface area contributed by atoms with Gasteiger partial charge in [0.15, 0.2) is 0 Å². The van der Waals surface area contributed by atoms with Gasteiger partial charge in [-0.2, -0.15) is 0 Å². The molecule has 178 valence electrons. The number of likely N-dealkylation sites (tertiary alicyclic amines) is 1. The molecule has 2 heterocycles. The molecule has 7 nitrogen and oxygen atoms in total. The summed E-state index contributed by atoms with van der Waals surface area (Å²) >= 11 is 6.23. The fourth-order valence-corrected chi connectivity index (χ4v) is 4.88. The van der Waals surface area contributed by atoms with Gasteiger partial charge in [-0.15, -0.1) is 0 Å². The molecule has 1 aromatic carbocycles. The number of nitrogens with one attached hydrogen (secondary N) is 1. The Morgan fingerprint density at radius 2 is 1.81 bits per heavy atom. The van der Waals surface area contributed by atoms with Crippen LogP contribution in [0.15, 0.2) is 24.3 Å². The van der Waals surface area contributed by atoms with Gasteiger partial charge in [-0.25, -0.2) is 0 Å². The van der Waals surface area contributed by atoms with Gasteiger partial charge in [0, 0.05) is 24.7 Å². The van der Waals surface area contributed by atoms with Crippen molar-refractivity contribution in [1.29, 1.82) is 0 Å². The highest BCUT2D eigenvalue weighted by Gasteiger charge is 2.40. The molecule has 8 heteroatoms. The van der Waals surface area contributed by atoms with Gasteiger partial charge in [0.1, 0.15) is 0 Å². The van der Waals surface area contributed by atoms with E-state index in [4.69, 9.17) is 11.6 Å². The number of halogens is 1. The molecule has 3 rings (SSSR count). The topological polar surface area (TPSA) is 93.1 Å². The number of hydrogen-bond donors (Lipinski definition) is 3. The Hall–Kier alpha value is -1.67. The van der Waals surface area contributed by atoms with Crippen molar-refractivity contribution >= 4 is 23.4 Å². The summed E-state index contributed by atoms with van der Waals surface area (Å²) in [5.74, 6) is -0.0689. The van der Waals surface area contributed by atoms with Crippen LogP contribution in [0.25, 0.3) is 0 Å². The summed E-state index contributed by atoms with van der Waals surface area (Å²) in [4.78, 5) is 30.1. The van der Waals surface area contributed by atoms with E-state index in [1.807, 2.05) is 18.2 Å². The van der Waals surface area contributed by atoms with Gasteiger partial charge in [-0.1, -0.05) is 36.2 Å². The number of hydrogen-bond acceptors (Lipinski definition) is 5. The van der Waals surface area contributed by atoms with E-state index < -0.39 is 17.6 Å². The number of β-amino-alcohol motifs (C(OH)–C–C–N with tert-alkyl or cyclic N) is 1. The molecule has 2 atom stereocenters. The highest BCUT2D eigenvalue weighted by Crippen LogP contribution is 2.37. The van der Waals surface area contributed by atoms with Crippen LogP contribution in [0, 0.1) is 5.41 Å². The van der Waals surface area contributed by atoms with Crippen LogP contribution in [0.2, 0.25) is 5.02 Å². The summed E-state index contributed by atoms with van der Waals surface area (Å²) in [7, 11) is 2.06. The number of carbonyl (C=O) groups is 2. The molecule has 2 fully saturated rings. The van der Waals surface area contributed by atoms with Crippen LogP contribution in [-0.2, 0) is 16.0 Å². The van der Waals surface area contributed by atoms with E-state index in [1.165, 1.54) is 0 Å². The molecular formula is C24H36ClN3O4. The van der Waals surface area contributed by atoms with Gasteiger partial charge in [-0.3, -0.25) is 9.59 Å². The number of benzene rings is 1. The molecule has 2 amide bonds. The molecule has 1 aromatic rings. The largest absolute Gasteiger partial charge is 0.390 e. The molecule has 1 spiro atoms. The summed E-state index contributed by atoms with van der Waals surface area (Å²) in [6.45, 7) is 2.66. The molecule has 2 saturated heterocycles. The predicted molar refractivity (Wildman–Crippen MR) is 124 cm³/mol. The van der Waals surface area contributed by atoms with Crippen LogP contribution in [0.3, 0.4) is 0 Å². The lowest BCUT2D eigenvalue weighted by molar-refractivity contribution is -0.135. The Morgan fingerprint density at radius 1 is 1.09 bits per heavy atom. The van der Waals surface area contributed by atoms with E-state index in [1.54, 1.807) is 11.0 Å². The second kappa shape index (κ2) is 11.5. The zero-order chi connectivity index (χ0) is 23.1. The number of piperidine rings is 1. The summed E-state index contributed by atoms with van der Waals surface area (Å²) in [6, 6.07) is 7.32. The standard InChI is InChI=1S/C24H36ClN3O4/c1-27-14-10-24(11-15-27)9-4-5-12-28(13-8-20(29)21(30)17-26-23(24)32)22(31)16-18-6-2-3-7-19(18)25/h2-3,6-7,20-21,29-30H,4-5,8-17H2,1H3,(H,26,32)/t20-,21+/m0/s1. The molecule has 2 aliphatic heterocycles. The number of aliphatic hydroxyl groups excluding tert-OH is 2. The Kier molecular flexibility index (Phi) is 8.94. The van der Waals surface area contributed by atoms with E-state index in [2.05, 4.69) is 17.3 Å². The second-order valence-corrected chi connectivity index (χ2v) is 9.73. The summed E-state index contributed by atoms with van der Waals surface area (Å²) in [5, 5.41) is 24.3. The van der Waals surface area contributed by atoms with Crippen LogP contribution < -0.4 is 5.32 Å². The number of nitrogens with zero attached hydrogens (tertiary/aromatic N) is 2. The minimum absolute atomic E-state index is 0.0190. The van der Waals surface area contributed by atoms with Crippen molar-refractivity contribution in [1.82, 2.24) is 15.1 Å². The SMILES string of the molecule is CN1CCC2(CCCCN(C(=O)Cc3ccccc3Cl)CC[C@H](O)[C@H](O)CNC2=O)CC1. The Labute approximate surface area is 195 Å². The van der Waals surface area contributed by atoms with Gasteiger partial charge in [-0.05, 0) is 63.9 Å². The molecule has 0 unspecified atom stereocenters. The second-order valence-electron chi connectivity index (χ2n) is 9.32. The Balaban J connectivity index is 1.70. The maximum absolute atomic E-state index is 13.1. The first-order chi connectivity index (χ1) is 15.3. The molecule has 0 saturated carbocycles. The minimum atomic E-state index is -1.07. The first-order valence-electron chi connectivity index (χ1n) is 11.6. The van der Waals surface area contributed by atoms with Crippen molar-refractivity contribution in [3.05, 3.63) is 34.9 Å². The lowest BCUT2D eigenvalue weighted by Gasteiger charge is -2.39. The van der Waals surface area contributed by atoms with Crippen LogP contribution in [0.5, 0.6) is 0 Å². The molecule has 0 bridgehead atoms. The van der Waals surface area contributed by atoms with Crippen molar-refractivity contribution in [2.45, 2.75) is 57.2 Å². The van der Waals surface area contributed by atoms with Crippen LogP contribution >= 0.6 is 11.6 Å². The zero-order valence-electron chi connectivity index (χ0n) is 18.9. The predicted octanol–water partition coefficient (Wildman–Crippen LogP) is 1.84. The van der Waals surface area contributed by atoms with E-state index in [0.717, 1.165) is 50.8 Å². The van der Waals surface area contributed by atoms with Crippen molar-refractivity contribution < 1.29 is 19.8 Å². The molecular weight excluding hydrogens is 430 g/mol. The van der Waals surface area contributed by atoms with Gasteiger partial charge < -0.3 is 25.3 Å². The third-order valence-electron chi connectivity index (χ3n) is 7.02. The molecule has 0 aromatic heterocycles. The maximum atomic E-state index is 13.1. The fraction of sp³-hybridized carbons (Fsp3) is 0.667. The lowest BCUT2D eigenvalue weighted by Crippen LogP contribution is -2.50. The van der Waals surface area contributed by atoms with Gasteiger partial charge in [0.25, 0.3) is 0 Å². The molecule has 32 heavy (non-hydrogen) atoms. The molecule has 3 N–H and O–H groups in total. The normalized spacial score (nSPS) is 26.0. The Morgan fingerprint density at radius 3 is 2.53 bits per heavy atom. The van der Waals surface area contributed by atoms with Crippen molar-refractivity contribution in [3.8, 4) is 0 Å². The Bertz CT molecular complexity index is 782. The highest BCUT2D eigenvalue weighted by atomic mass is 35.5. The van der Waals surface area contributed by atoms with Gasteiger partial charge in [0.2, 0.25) is 11.8 Å². The molecule has 2 aliphatic rings. The zero-order valence-corrected chi connectivity index (χ0v) is 19.7. The minimum Gasteiger partial charge on any atom is -0.390 e. The average molecular weight is 466 g/mol. The highest BCUT2D eigenvalue weighted by molar-refractivity contribution is 6.31. The first-order valence-corrected chi connectivity index (χ1v) is 12.0. The third kappa shape index (κ3) is 6.44. The van der Waals surface area contributed by atoms with Crippen molar-refractivity contribution in [3.63, 3.8) is 0 Å². The van der Waals surface area contributed by atoms with E-state index in [-0.39, 0.29) is 31.2 Å². The van der Waals surface area contributed by atoms with Gasteiger partial charge >= 0.3 is 0 Å². The summed E-state index contributed by atoms with van der Waals surface area (Å²) in [6.07, 6.45) is 2.33. The summed E-state index contributed by atoms with van der Waals surface area (Å²) < 4.78 is 0. The van der Waals surface area contributed by atoms with E-state index in [0.29, 0.717) is 18.1 Å². The fourth-order valence-electron chi connectivity index (χ4n) is 4.68. The smallest absolute Gasteiger partial charge is 0.227 e. The van der Waals surface area contributed by atoms with E-state index >= 15 is 0 Å². The number of amides is 2. The van der Waals surface area contributed by atoms with Crippen molar-refractivity contribution in [2.24, 2.45) is 5.41 Å². The molecule has 0 radical (unpaired) electrons. The van der Waals surface area contributed by atoms with Crippen LogP contribution in [0.1, 0.15) is 44.1 Å². The monoisotopic (exact) mass is 465 g/mol. The third-order valence-corrected chi connectivity index (χ3v) is 7.39. The average Bonchev–Trinajstić information content (AvgIpc) is 2.79. The number of rotatable bonds is 2. The quantitative estimate of drug-likeness (QED) is 0.619. The number of carbonyl (C=O) groups excluding carboxylic acids is 2. The maximum Gasteiger partial charge on any atom is 0.227 e. The first kappa shape index (κ1) is 25.0. The van der Waals surface area contributed by atoms with Crippen LogP contribution in [-0.4, -0.2) is 83.8 Å². The van der Waals surface area contributed by atoms with E-state index in [9.17, 15) is 19.8 Å². The number of aliphatic hydroxyl groups is 2. The van der Waals surface area contributed by atoms with Crippen LogP contribution in [0.4, 0.5) is 0 Å². The lowest BCUT2D eigenvalue weighted by atomic mass is 9.73. The molecule has 0 aliphatic carbocycles.